The molecular formula is C21H37N3O5Si. The van der Waals surface area contributed by atoms with Crippen molar-refractivity contribution in [2.75, 3.05) is 6.61 Å². The maximum absolute atomic E-state index is 13.1. The minimum atomic E-state index is -2.01. The number of aromatic amines is 1. The standard InChI is InChI=1S/C21H37N3O5Si/c1-14-12-23(18(26)22-17(14)25)16-11-10-15(13-28-30(8,9)21(5,6)7)24(16)19(27)29-20(2,3)4/h12,15-16H,10-11,13H2,1-9H3,(H,22,25,26)/t15-,16+/m1/s1. The lowest BCUT2D eigenvalue weighted by Gasteiger charge is -2.39. The molecule has 0 bridgehead atoms. The van der Waals surface area contributed by atoms with Crippen molar-refractivity contribution in [1.82, 2.24) is 14.5 Å². The zero-order chi connectivity index (χ0) is 23.1. The third-order valence-electron chi connectivity index (χ3n) is 5.99. The third-order valence-corrected chi connectivity index (χ3v) is 10.5. The molecule has 1 aromatic rings. The fourth-order valence-corrected chi connectivity index (χ4v) is 4.26. The summed E-state index contributed by atoms with van der Waals surface area (Å²) >= 11 is 0. The molecule has 2 rings (SSSR count). The summed E-state index contributed by atoms with van der Waals surface area (Å²) in [6.07, 6.45) is 1.76. The quantitative estimate of drug-likeness (QED) is 0.721. The van der Waals surface area contributed by atoms with Gasteiger partial charge in [-0.25, -0.2) is 9.59 Å². The number of aromatic nitrogens is 2. The molecule has 1 aliphatic rings. The van der Waals surface area contributed by atoms with Gasteiger partial charge in [-0.15, -0.1) is 0 Å². The highest BCUT2D eigenvalue weighted by molar-refractivity contribution is 6.74. The summed E-state index contributed by atoms with van der Waals surface area (Å²) in [6, 6.07) is -0.210. The molecule has 2 heterocycles. The van der Waals surface area contributed by atoms with E-state index in [2.05, 4.69) is 38.8 Å². The molecule has 0 saturated carbocycles. The Morgan fingerprint density at radius 2 is 1.77 bits per heavy atom. The Kier molecular flexibility index (Phi) is 6.78. The summed E-state index contributed by atoms with van der Waals surface area (Å²) in [6.45, 7) is 18.3. The number of aryl methyl sites for hydroxylation is 1. The van der Waals surface area contributed by atoms with E-state index in [9.17, 15) is 14.4 Å². The van der Waals surface area contributed by atoms with Crippen LogP contribution in [-0.4, -0.2) is 47.1 Å². The van der Waals surface area contributed by atoms with Gasteiger partial charge in [-0.1, -0.05) is 20.8 Å². The minimum Gasteiger partial charge on any atom is -0.444 e. The van der Waals surface area contributed by atoms with Crippen LogP contribution in [0.25, 0.3) is 0 Å². The van der Waals surface area contributed by atoms with Gasteiger partial charge in [-0.3, -0.25) is 19.2 Å². The Morgan fingerprint density at radius 1 is 1.17 bits per heavy atom. The van der Waals surface area contributed by atoms with E-state index in [4.69, 9.17) is 9.16 Å². The highest BCUT2D eigenvalue weighted by Gasteiger charge is 2.43. The van der Waals surface area contributed by atoms with Crippen LogP contribution in [0.15, 0.2) is 15.8 Å². The lowest BCUT2D eigenvalue weighted by Crippen LogP contribution is -2.49. The van der Waals surface area contributed by atoms with Gasteiger partial charge in [0.15, 0.2) is 8.32 Å². The van der Waals surface area contributed by atoms with Crippen LogP contribution in [0.3, 0.4) is 0 Å². The molecule has 170 valence electrons. The molecule has 1 saturated heterocycles. The van der Waals surface area contributed by atoms with Crippen LogP contribution in [0.5, 0.6) is 0 Å². The SMILES string of the molecule is Cc1cn([C@@H]2CC[C@H](CO[Si](C)(C)C(C)(C)C)N2C(=O)OC(C)(C)C)c(=O)[nH]c1=O. The Hall–Kier alpha value is -1.87. The molecular weight excluding hydrogens is 402 g/mol. The molecule has 1 amide bonds. The highest BCUT2D eigenvalue weighted by atomic mass is 28.4. The molecule has 0 radical (unpaired) electrons. The lowest BCUT2D eigenvalue weighted by atomic mass is 10.2. The Bertz CT molecular complexity index is 892. The van der Waals surface area contributed by atoms with Gasteiger partial charge in [-0.05, 0) is 58.7 Å². The molecule has 0 unspecified atom stereocenters. The largest absolute Gasteiger partial charge is 0.444 e. The van der Waals surface area contributed by atoms with Crippen molar-refractivity contribution in [2.24, 2.45) is 0 Å². The zero-order valence-electron chi connectivity index (χ0n) is 19.8. The van der Waals surface area contributed by atoms with Gasteiger partial charge >= 0.3 is 11.8 Å². The maximum Gasteiger partial charge on any atom is 0.412 e. The molecule has 0 spiro atoms. The summed E-state index contributed by atoms with van der Waals surface area (Å²) in [7, 11) is -2.01. The molecule has 0 aromatic carbocycles. The fraction of sp³-hybridized carbons (Fsp3) is 0.762. The maximum atomic E-state index is 13.1. The lowest BCUT2D eigenvalue weighted by molar-refractivity contribution is 0.00126. The van der Waals surface area contributed by atoms with Gasteiger partial charge in [0.1, 0.15) is 11.8 Å². The normalized spacial score (nSPS) is 20.5. The van der Waals surface area contributed by atoms with Crippen molar-refractivity contribution in [2.45, 2.75) is 97.2 Å². The number of H-pyrrole nitrogens is 1. The highest BCUT2D eigenvalue weighted by Crippen LogP contribution is 2.38. The van der Waals surface area contributed by atoms with Crippen molar-refractivity contribution >= 4 is 14.4 Å². The van der Waals surface area contributed by atoms with E-state index in [1.165, 1.54) is 10.8 Å². The van der Waals surface area contributed by atoms with Gasteiger partial charge in [0, 0.05) is 11.8 Å². The van der Waals surface area contributed by atoms with Crippen LogP contribution in [-0.2, 0) is 9.16 Å². The predicted octanol–water partition coefficient (Wildman–Crippen LogP) is 3.76. The molecule has 0 aliphatic carbocycles. The number of nitrogens with zero attached hydrogens (tertiary/aromatic N) is 2. The average molecular weight is 440 g/mol. The first kappa shape index (κ1) is 24.4. The van der Waals surface area contributed by atoms with Crippen molar-refractivity contribution in [1.29, 1.82) is 0 Å². The number of carbonyl (C=O) groups excluding carboxylic acids is 1. The molecule has 1 fully saturated rings. The van der Waals surface area contributed by atoms with Gasteiger partial charge in [0.25, 0.3) is 5.56 Å². The van der Waals surface area contributed by atoms with E-state index in [0.717, 1.165) is 0 Å². The number of likely N-dealkylation sites (tertiary alicyclic amines) is 1. The van der Waals surface area contributed by atoms with Crippen molar-refractivity contribution in [3.8, 4) is 0 Å². The molecule has 1 aromatic heterocycles. The minimum absolute atomic E-state index is 0.0503. The second-order valence-electron chi connectivity index (χ2n) is 10.6. The number of rotatable bonds is 4. The molecule has 1 aliphatic heterocycles. The number of hydrogen-bond donors (Lipinski definition) is 1. The number of ether oxygens (including phenoxy) is 1. The Balaban J connectivity index is 2.37. The van der Waals surface area contributed by atoms with Crippen LogP contribution in [0, 0.1) is 6.92 Å². The molecule has 9 heteroatoms. The van der Waals surface area contributed by atoms with Crippen molar-refractivity contribution in [3.05, 3.63) is 32.6 Å². The smallest absolute Gasteiger partial charge is 0.412 e. The predicted molar refractivity (Wildman–Crippen MR) is 119 cm³/mol. The van der Waals surface area contributed by atoms with E-state index >= 15 is 0 Å². The summed E-state index contributed by atoms with van der Waals surface area (Å²) in [5, 5.41) is 0.0503. The van der Waals surface area contributed by atoms with E-state index in [1.54, 1.807) is 11.8 Å². The molecule has 1 N–H and O–H groups in total. The van der Waals surface area contributed by atoms with E-state index in [1.807, 2.05) is 20.8 Å². The van der Waals surface area contributed by atoms with E-state index in [0.29, 0.717) is 25.0 Å². The third kappa shape index (κ3) is 5.43. The van der Waals surface area contributed by atoms with Gasteiger partial charge in [-0.2, -0.15) is 0 Å². The first-order valence-corrected chi connectivity index (χ1v) is 13.4. The van der Waals surface area contributed by atoms with Gasteiger partial charge in [0.2, 0.25) is 0 Å². The fourth-order valence-electron chi connectivity index (χ4n) is 3.21. The first-order valence-electron chi connectivity index (χ1n) is 10.5. The Labute approximate surface area is 179 Å². The number of nitrogens with one attached hydrogen (secondary N) is 1. The Morgan fingerprint density at radius 3 is 2.30 bits per heavy atom. The van der Waals surface area contributed by atoms with Crippen LogP contribution in [0.2, 0.25) is 18.1 Å². The van der Waals surface area contributed by atoms with E-state index < -0.39 is 37.4 Å². The van der Waals surface area contributed by atoms with Gasteiger partial charge < -0.3 is 9.16 Å². The summed E-state index contributed by atoms with van der Waals surface area (Å²) in [4.78, 5) is 41.3. The van der Waals surface area contributed by atoms with Crippen LogP contribution in [0.1, 0.15) is 66.1 Å². The average Bonchev–Trinajstić information content (AvgIpc) is 2.97. The van der Waals surface area contributed by atoms with Crippen molar-refractivity contribution < 1.29 is 14.0 Å². The molecule has 30 heavy (non-hydrogen) atoms. The summed E-state index contributed by atoms with van der Waals surface area (Å²) in [5.74, 6) is 0. The van der Waals surface area contributed by atoms with Gasteiger partial charge in [0.05, 0.1) is 12.6 Å². The summed E-state index contributed by atoms with van der Waals surface area (Å²) in [5.41, 5.74) is -1.20. The van der Waals surface area contributed by atoms with Crippen LogP contribution >= 0.6 is 0 Å². The van der Waals surface area contributed by atoms with E-state index in [-0.39, 0.29) is 11.1 Å². The zero-order valence-corrected chi connectivity index (χ0v) is 20.8. The number of amides is 1. The second kappa shape index (κ2) is 8.34. The number of hydrogen-bond acceptors (Lipinski definition) is 5. The second-order valence-corrected chi connectivity index (χ2v) is 15.5. The topological polar surface area (TPSA) is 93.6 Å². The van der Waals surface area contributed by atoms with Crippen LogP contribution < -0.4 is 11.2 Å². The molecule has 8 nitrogen and oxygen atoms in total. The number of carbonyl (C=O) groups is 1. The van der Waals surface area contributed by atoms with Crippen LogP contribution in [0.4, 0.5) is 4.79 Å². The monoisotopic (exact) mass is 439 g/mol. The first-order chi connectivity index (χ1) is 13.5. The summed E-state index contributed by atoms with van der Waals surface area (Å²) < 4.78 is 13.5. The molecule has 2 atom stereocenters. The van der Waals surface area contributed by atoms with Crippen molar-refractivity contribution in [3.63, 3.8) is 0 Å².